The molecule has 0 aliphatic rings. The summed E-state index contributed by atoms with van der Waals surface area (Å²) in [5.74, 6) is 0. The lowest BCUT2D eigenvalue weighted by molar-refractivity contribution is 0.601. The third-order valence-electron chi connectivity index (χ3n) is 2.97. The summed E-state index contributed by atoms with van der Waals surface area (Å²) in [4.78, 5) is 0.0305. The lowest BCUT2D eigenvalue weighted by Crippen LogP contribution is -2.15. The van der Waals surface area contributed by atoms with Gasteiger partial charge in [0.2, 0.25) is 0 Å². The zero-order chi connectivity index (χ0) is 15.8. The second-order valence-corrected chi connectivity index (χ2v) is 7.68. The Morgan fingerprint density at radius 1 is 1.14 bits per heavy atom. The first-order chi connectivity index (χ1) is 9.70. The van der Waals surface area contributed by atoms with Crippen molar-refractivity contribution in [2.75, 3.05) is 10.5 Å². The van der Waals surface area contributed by atoms with Gasteiger partial charge in [-0.3, -0.25) is 4.72 Å². The first kappa shape index (κ1) is 16.1. The second-order valence-electron chi connectivity index (χ2n) is 4.71. The van der Waals surface area contributed by atoms with E-state index in [9.17, 15) is 8.42 Å². The lowest BCUT2D eigenvalue weighted by Gasteiger charge is -2.15. The molecule has 112 valence electrons. The molecule has 0 amide bonds. The van der Waals surface area contributed by atoms with Crippen LogP contribution in [0.2, 0.25) is 5.02 Å². The fourth-order valence-corrected chi connectivity index (χ4v) is 4.28. The van der Waals surface area contributed by atoms with Crippen LogP contribution in [0.3, 0.4) is 0 Å². The van der Waals surface area contributed by atoms with Gasteiger partial charge in [-0.2, -0.15) is 0 Å². The summed E-state index contributed by atoms with van der Waals surface area (Å²) in [5.41, 5.74) is 8.36. The number of nitrogen functional groups attached to an aromatic ring is 1. The molecule has 3 N–H and O–H groups in total. The average Bonchev–Trinajstić information content (AvgIpc) is 2.33. The van der Waals surface area contributed by atoms with Crippen LogP contribution in [0.5, 0.6) is 0 Å². The molecule has 0 saturated carbocycles. The molecule has 2 aromatic rings. The Bertz CT molecular complexity index is 784. The maximum Gasteiger partial charge on any atom is 0.263 e. The molecular formula is C14H14BrClN2O2S. The minimum atomic E-state index is -3.76. The number of nitrogens with one attached hydrogen (secondary N) is 1. The number of hydrogen-bond donors (Lipinski definition) is 2. The van der Waals surface area contributed by atoms with Crippen LogP contribution in [-0.2, 0) is 10.0 Å². The van der Waals surface area contributed by atoms with Crippen molar-refractivity contribution >= 4 is 48.9 Å². The van der Waals surface area contributed by atoms with Crippen molar-refractivity contribution in [3.8, 4) is 0 Å². The van der Waals surface area contributed by atoms with Crippen LogP contribution >= 0.6 is 27.5 Å². The number of nitrogens with two attached hydrogens (primary N) is 1. The van der Waals surface area contributed by atoms with E-state index in [1.165, 1.54) is 6.07 Å². The van der Waals surface area contributed by atoms with Gasteiger partial charge in [-0.25, -0.2) is 8.42 Å². The summed E-state index contributed by atoms with van der Waals surface area (Å²) in [6.07, 6.45) is 0. The highest BCUT2D eigenvalue weighted by Crippen LogP contribution is 2.30. The van der Waals surface area contributed by atoms with E-state index in [2.05, 4.69) is 20.7 Å². The summed E-state index contributed by atoms with van der Waals surface area (Å²) in [5, 5.41) is 0.155. The summed E-state index contributed by atoms with van der Waals surface area (Å²) in [6, 6.07) is 8.06. The van der Waals surface area contributed by atoms with Crippen LogP contribution in [0.25, 0.3) is 0 Å². The number of halogens is 2. The molecule has 0 heterocycles. The van der Waals surface area contributed by atoms with Gasteiger partial charge in [-0.1, -0.05) is 27.5 Å². The van der Waals surface area contributed by atoms with Crippen molar-refractivity contribution in [2.45, 2.75) is 18.7 Å². The highest BCUT2D eigenvalue weighted by molar-refractivity contribution is 9.10. The highest BCUT2D eigenvalue weighted by Gasteiger charge is 2.20. The molecule has 0 spiro atoms. The molecule has 0 radical (unpaired) electrons. The van der Waals surface area contributed by atoms with Crippen LogP contribution in [0, 0.1) is 13.8 Å². The number of hydrogen-bond acceptors (Lipinski definition) is 3. The van der Waals surface area contributed by atoms with Gasteiger partial charge in [0.15, 0.2) is 0 Å². The predicted molar refractivity (Wildman–Crippen MR) is 90.3 cm³/mol. The standard InChI is InChI=1S/C14H14BrClN2O2S/c1-8-5-11(17)6-9(2)14(8)18-21(19,20)13-4-3-10(15)7-12(13)16/h3-7,18H,17H2,1-2H3. The average molecular weight is 390 g/mol. The minimum absolute atomic E-state index is 0.0305. The van der Waals surface area contributed by atoms with E-state index in [4.69, 9.17) is 17.3 Å². The van der Waals surface area contributed by atoms with Gasteiger partial charge >= 0.3 is 0 Å². The van der Waals surface area contributed by atoms with E-state index < -0.39 is 10.0 Å². The molecule has 0 unspecified atom stereocenters. The van der Waals surface area contributed by atoms with Crippen molar-refractivity contribution in [1.82, 2.24) is 0 Å². The maximum absolute atomic E-state index is 12.5. The number of rotatable bonds is 3. The van der Waals surface area contributed by atoms with Gasteiger partial charge in [0.05, 0.1) is 10.7 Å². The summed E-state index contributed by atoms with van der Waals surface area (Å²) in [6.45, 7) is 3.59. The van der Waals surface area contributed by atoms with Crippen molar-refractivity contribution in [2.24, 2.45) is 0 Å². The molecule has 2 rings (SSSR count). The van der Waals surface area contributed by atoms with Gasteiger partial charge in [0, 0.05) is 10.2 Å². The normalized spacial score (nSPS) is 11.4. The van der Waals surface area contributed by atoms with Gasteiger partial charge in [-0.05, 0) is 55.3 Å². The molecule has 0 saturated heterocycles. The zero-order valence-corrected chi connectivity index (χ0v) is 14.6. The first-order valence-electron chi connectivity index (χ1n) is 6.05. The highest BCUT2D eigenvalue weighted by atomic mass is 79.9. The first-order valence-corrected chi connectivity index (χ1v) is 8.71. The third kappa shape index (κ3) is 3.51. The van der Waals surface area contributed by atoms with E-state index in [1.54, 1.807) is 38.1 Å². The van der Waals surface area contributed by atoms with E-state index in [0.717, 1.165) is 11.1 Å². The van der Waals surface area contributed by atoms with Crippen molar-refractivity contribution in [3.63, 3.8) is 0 Å². The van der Waals surface area contributed by atoms with E-state index in [-0.39, 0.29) is 9.92 Å². The van der Waals surface area contributed by atoms with E-state index in [0.29, 0.717) is 15.8 Å². The summed E-state index contributed by atoms with van der Waals surface area (Å²) in [7, 11) is -3.76. The SMILES string of the molecule is Cc1cc(N)cc(C)c1NS(=O)(=O)c1ccc(Br)cc1Cl. The fourth-order valence-electron chi connectivity index (χ4n) is 2.04. The van der Waals surface area contributed by atoms with Crippen molar-refractivity contribution < 1.29 is 8.42 Å². The van der Waals surface area contributed by atoms with E-state index >= 15 is 0 Å². The number of aryl methyl sites for hydroxylation is 2. The lowest BCUT2D eigenvalue weighted by atomic mass is 10.1. The zero-order valence-electron chi connectivity index (χ0n) is 11.4. The molecular weight excluding hydrogens is 376 g/mol. The van der Waals surface area contributed by atoms with Gasteiger partial charge in [0.1, 0.15) is 4.90 Å². The fraction of sp³-hybridized carbons (Fsp3) is 0.143. The number of anilines is 2. The van der Waals surface area contributed by atoms with Crippen molar-refractivity contribution in [1.29, 1.82) is 0 Å². The monoisotopic (exact) mass is 388 g/mol. The quantitative estimate of drug-likeness (QED) is 0.776. The van der Waals surface area contributed by atoms with Crippen LogP contribution in [0.1, 0.15) is 11.1 Å². The minimum Gasteiger partial charge on any atom is -0.399 e. The molecule has 0 bridgehead atoms. The topological polar surface area (TPSA) is 72.2 Å². The van der Waals surface area contributed by atoms with Crippen LogP contribution in [-0.4, -0.2) is 8.42 Å². The molecule has 7 heteroatoms. The van der Waals surface area contributed by atoms with Crippen LogP contribution in [0.4, 0.5) is 11.4 Å². The molecule has 0 aromatic heterocycles. The molecule has 4 nitrogen and oxygen atoms in total. The Balaban J connectivity index is 2.47. The molecule has 2 aromatic carbocycles. The molecule has 0 fully saturated rings. The van der Waals surface area contributed by atoms with E-state index in [1.807, 2.05) is 0 Å². The third-order valence-corrected chi connectivity index (χ3v) is 5.30. The van der Waals surface area contributed by atoms with Crippen LogP contribution in [0.15, 0.2) is 39.7 Å². The molecule has 0 aliphatic carbocycles. The molecule has 0 atom stereocenters. The second kappa shape index (κ2) is 5.87. The Labute approximate surface area is 137 Å². The number of benzene rings is 2. The summed E-state index contributed by atoms with van der Waals surface area (Å²) < 4.78 is 28.3. The largest absolute Gasteiger partial charge is 0.399 e. The predicted octanol–water partition coefficient (Wildman–Crippen LogP) is 4.10. The Hall–Kier alpha value is -1.24. The Kier molecular flexibility index (Phi) is 4.51. The van der Waals surface area contributed by atoms with Gasteiger partial charge in [-0.15, -0.1) is 0 Å². The number of sulfonamides is 1. The van der Waals surface area contributed by atoms with Gasteiger partial charge < -0.3 is 5.73 Å². The van der Waals surface area contributed by atoms with Crippen molar-refractivity contribution in [3.05, 3.63) is 51.0 Å². The smallest absolute Gasteiger partial charge is 0.263 e. The molecule has 21 heavy (non-hydrogen) atoms. The maximum atomic E-state index is 12.5. The van der Waals surface area contributed by atoms with Gasteiger partial charge in [0.25, 0.3) is 10.0 Å². The summed E-state index contributed by atoms with van der Waals surface area (Å²) >= 11 is 9.26. The molecule has 0 aliphatic heterocycles. The van der Waals surface area contributed by atoms with Crippen LogP contribution < -0.4 is 10.5 Å². The Morgan fingerprint density at radius 3 is 2.24 bits per heavy atom. The Morgan fingerprint density at radius 2 is 1.71 bits per heavy atom.